The van der Waals surface area contributed by atoms with Crippen molar-refractivity contribution in [3.63, 3.8) is 0 Å². The average Bonchev–Trinajstić information content (AvgIpc) is 2.81. The van der Waals surface area contributed by atoms with Crippen LogP contribution in [-0.2, 0) is 9.39 Å². The first-order valence-corrected chi connectivity index (χ1v) is 7.93. The molecular formula is C15H27BN2O4. The van der Waals surface area contributed by atoms with Crippen LogP contribution in [0, 0.1) is 19.3 Å². The van der Waals surface area contributed by atoms with Crippen molar-refractivity contribution < 1.29 is 19.5 Å². The van der Waals surface area contributed by atoms with Crippen LogP contribution in [0.2, 0.25) is 0 Å². The summed E-state index contributed by atoms with van der Waals surface area (Å²) in [5.41, 5.74) is 1.94. The summed E-state index contributed by atoms with van der Waals surface area (Å²) in [5.74, 6) is 0. The largest absolute Gasteiger partial charge is 0.494 e. The van der Waals surface area contributed by atoms with Crippen molar-refractivity contribution in [3.05, 3.63) is 11.4 Å². The van der Waals surface area contributed by atoms with E-state index in [9.17, 15) is 10.1 Å². The summed E-state index contributed by atoms with van der Waals surface area (Å²) in [6.45, 7) is 8.60. The fraction of sp³-hybridized carbons (Fsp3) is 0.800. The third-order valence-electron chi connectivity index (χ3n) is 4.12. The minimum absolute atomic E-state index is 0.00681. The van der Waals surface area contributed by atoms with Gasteiger partial charge in [0.05, 0.1) is 12.3 Å². The van der Waals surface area contributed by atoms with Crippen molar-refractivity contribution in [2.24, 2.45) is 5.41 Å². The maximum absolute atomic E-state index is 10.4. The summed E-state index contributed by atoms with van der Waals surface area (Å²) >= 11 is 0. The van der Waals surface area contributed by atoms with E-state index < -0.39 is 7.12 Å². The molecule has 22 heavy (non-hydrogen) atoms. The second-order valence-electron chi connectivity index (χ2n) is 6.84. The van der Waals surface area contributed by atoms with Crippen LogP contribution in [0.25, 0.3) is 0 Å². The van der Waals surface area contributed by atoms with Crippen molar-refractivity contribution in [3.8, 4) is 0 Å². The Bertz CT molecular complexity index is 498. The standard InChI is InChI=1S/C15H27BN2O4/c1-11-14(16(20)22-10-15(3,4)9-19)12(2)18(17-11)13-7-5-6-8-21-13/h13,19-20H,5-10H2,1-4H3/t13-/m0/s1. The third-order valence-corrected chi connectivity index (χ3v) is 4.12. The summed E-state index contributed by atoms with van der Waals surface area (Å²) in [6, 6.07) is 0. The summed E-state index contributed by atoms with van der Waals surface area (Å²) in [7, 11) is -1.04. The average molecular weight is 310 g/mol. The summed E-state index contributed by atoms with van der Waals surface area (Å²) < 4.78 is 13.2. The molecule has 1 atom stereocenters. The molecule has 1 aliphatic heterocycles. The van der Waals surface area contributed by atoms with Gasteiger partial charge >= 0.3 is 7.12 Å². The highest BCUT2D eigenvalue weighted by Crippen LogP contribution is 2.23. The predicted octanol–water partition coefficient (Wildman–Crippen LogP) is 0.922. The van der Waals surface area contributed by atoms with Crippen LogP contribution in [0.15, 0.2) is 0 Å². The lowest BCUT2D eigenvalue weighted by atomic mass is 9.77. The molecule has 6 nitrogen and oxygen atoms in total. The van der Waals surface area contributed by atoms with E-state index in [4.69, 9.17) is 9.39 Å². The van der Waals surface area contributed by atoms with Crippen molar-refractivity contribution in [2.75, 3.05) is 19.8 Å². The second kappa shape index (κ2) is 7.13. The molecule has 2 N–H and O–H groups in total. The van der Waals surface area contributed by atoms with E-state index >= 15 is 0 Å². The van der Waals surface area contributed by atoms with Crippen LogP contribution in [0.3, 0.4) is 0 Å². The molecule has 1 aromatic heterocycles. The molecule has 1 aliphatic rings. The molecule has 7 heteroatoms. The Morgan fingerprint density at radius 2 is 2.14 bits per heavy atom. The zero-order chi connectivity index (χ0) is 16.3. The fourth-order valence-corrected chi connectivity index (χ4v) is 2.66. The maximum atomic E-state index is 10.4. The van der Waals surface area contributed by atoms with E-state index in [-0.39, 0.29) is 24.9 Å². The van der Waals surface area contributed by atoms with Crippen molar-refractivity contribution in [1.29, 1.82) is 0 Å². The van der Waals surface area contributed by atoms with Gasteiger partial charge in [-0.25, -0.2) is 4.68 Å². The van der Waals surface area contributed by atoms with Gasteiger partial charge in [-0.15, -0.1) is 0 Å². The minimum Gasteiger partial charge on any atom is -0.423 e. The molecule has 0 saturated carbocycles. The van der Waals surface area contributed by atoms with E-state index in [1.165, 1.54) is 0 Å². The van der Waals surface area contributed by atoms with Gasteiger partial charge in [-0.3, -0.25) is 0 Å². The summed E-state index contributed by atoms with van der Waals surface area (Å²) in [4.78, 5) is 0. The van der Waals surface area contributed by atoms with Gasteiger partial charge in [0.1, 0.15) is 6.23 Å². The third kappa shape index (κ3) is 3.90. The summed E-state index contributed by atoms with van der Waals surface area (Å²) in [6.07, 6.45) is 3.10. The predicted molar refractivity (Wildman–Crippen MR) is 85.0 cm³/mol. The Morgan fingerprint density at radius 1 is 1.41 bits per heavy atom. The molecule has 0 aliphatic carbocycles. The number of aromatic nitrogens is 2. The first-order valence-electron chi connectivity index (χ1n) is 7.93. The SMILES string of the molecule is Cc1nn([C@@H]2CCCCO2)c(C)c1B(O)OCC(C)(C)CO. The number of ether oxygens (including phenoxy) is 1. The quantitative estimate of drug-likeness (QED) is 0.764. The molecule has 1 fully saturated rings. The van der Waals surface area contributed by atoms with Crippen LogP contribution >= 0.6 is 0 Å². The van der Waals surface area contributed by atoms with Crippen LogP contribution in [-0.4, -0.2) is 46.9 Å². The van der Waals surface area contributed by atoms with Gasteiger partial charge in [-0.05, 0) is 33.1 Å². The smallest absolute Gasteiger partial charge is 0.423 e. The van der Waals surface area contributed by atoms with Crippen molar-refractivity contribution >= 4 is 12.6 Å². The highest BCUT2D eigenvalue weighted by atomic mass is 16.5. The Balaban J connectivity index is 2.12. The molecule has 0 spiro atoms. The van der Waals surface area contributed by atoms with Crippen LogP contribution in [0.5, 0.6) is 0 Å². The number of aliphatic hydroxyl groups is 1. The van der Waals surface area contributed by atoms with E-state index in [2.05, 4.69) is 5.10 Å². The molecule has 0 amide bonds. The molecule has 0 radical (unpaired) electrons. The Hall–Kier alpha value is -0.885. The number of nitrogens with zero attached hydrogens (tertiary/aromatic N) is 2. The van der Waals surface area contributed by atoms with Gasteiger partial charge in [-0.1, -0.05) is 13.8 Å². The molecular weight excluding hydrogens is 283 g/mol. The lowest BCUT2D eigenvalue weighted by Gasteiger charge is -2.24. The molecule has 1 saturated heterocycles. The number of hydrogen-bond acceptors (Lipinski definition) is 5. The molecule has 2 heterocycles. The first kappa shape index (κ1) is 17.5. The topological polar surface area (TPSA) is 76.7 Å². The Kier molecular flexibility index (Phi) is 5.66. The van der Waals surface area contributed by atoms with Crippen molar-refractivity contribution in [2.45, 2.75) is 53.2 Å². The van der Waals surface area contributed by atoms with E-state index in [0.717, 1.165) is 37.3 Å². The van der Waals surface area contributed by atoms with Crippen LogP contribution in [0.1, 0.15) is 50.7 Å². The zero-order valence-electron chi connectivity index (χ0n) is 14.0. The van der Waals surface area contributed by atoms with Gasteiger partial charge in [0.2, 0.25) is 0 Å². The number of aryl methyl sites for hydroxylation is 1. The highest BCUT2D eigenvalue weighted by Gasteiger charge is 2.30. The molecule has 1 aromatic rings. The Morgan fingerprint density at radius 3 is 2.73 bits per heavy atom. The lowest BCUT2D eigenvalue weighted by molar-refractivity contribution is -0.0407. The lowest BCUT2D eigenvalue weighted by Crippen LogP contribution is -2.40. The Labute approximate surface area is 132 Å². The van der Waals surface area contributed by atoms with Gasteiger partial charge in [0.25, 0.3) is 0 Å². The monoisotopic (exact) mass is 310 g/mol. The van der Waals surface area contributed by atoms with E-state index in [0.29, 0.717) is 5.46 Å². The van der Waals surface area contributed by atoms with Crippen molar-refractivity contribution in [1.82, 2.24) is 9.78 Å². The van der Waals surface area contributed by atoms with Gasteiger partial charge < -0.3 is 19.5 Å². The fourth-order valence-electron chi connectivity index (χ4n) is 2.66. The van der Waals surface area contributed by atoms with Gasteiger partial charge in [0.15, 0.2) is 0 Å². The van der Waals surface area contributed by atoms with E-state index in [1.54, 1.807) is 0 Å². The molecule has 124 valence electrons. The molecule has 0 bridgehead atoms. The van der Waals surface area contributed by atoms with Crippen LogP contribution < -0.4 is 5.46 Å². The second-order valence-corrected chi connectivity index (χ2v) is 6.84. The molecule has 2 rings (SSSR count). The maximum Gasteiger partial charge on any atom is 0.494 e. The summed E-state index contributed by atoms with van der Waals surface area (Å²) in [5, 5.41) is 24.1. The van der Waals surface area contributed by atoms with E-state index in [1.807, 2.05) is 32.4 Å². The van der Waals surface area contributed by atoms with Gasteiger partial charge in [-0.2, -0.15) is 5.10 Å². The zero-order valence-corrected chi connectivity index (χ0v) is 14.0. The normalized spacial score (nSPS) is 19.5. The number of hydrogen-bond donors (Lipinski definition) is 2. The minimum atomic E-state index is -1.04. The number of aliphatic hydroxyl groups excluding tert-OH is 1. The molecule has 0 unspecified atom stereocenters. The van der Waals surface area contributed by atoms with Crippen LogP contribution in [0.4, 0.5) is 0 Å². The molecule has 0 aromatic carbocycles. The number of rotatable bonds is 6. The highest BCUT2D eigenvalue weighted by molar-refractivity contribution is 6.60. The van der Waals surface area contributed by atoms with Gasteiger partial charge in [0, 0.05) is 29.8 Å². The first-order chi connectivity index (χ1) is 10.4.